The molecule has 13 heavy (non-hydrogen) atoms. The van der Waals surface area contributed by atoms with Gasteiger partial charge in [0.05, 0.1) is 0 Å². The Bertz CT molecular complexity index is 233. The van der Waals surface area contributed by atoms with Crippen LogP contribution in [0, 0.1) is 5.41 Å². The van der Waals surface area contributed by atoms with Crippen molar-refractivity contribution < 1.29 is 0 Å². The van der Waals surface area contributed by atoms with Crippen molar-refractivity contribution in [1.29, 1.82) is 0 Å². The molecule has 0 aliphatic heterocycles. The summed E-state index contributed by atoms with van der Waals surface area (Å²) in [6.45, 7) is 8.99. The molecule has 0 spiro atoms. The lowest BCUT2D eigenvalue weighted by Gasteiger charge is -2.24. The Morgan fingerprint density at radius 2 is 2.15 bits per heavy atom. The van der Waals surface area contributed by atoms with E-state index in [9.17, 15) is 0 Å². The molecule has 0 heterocycles. The molecule has 0 saturated heterocycles. The molecule has 0 bridgehead atoms. The molecule has 1 N–H and O–H groups in total. The van der Waals surface area contributed by atoms with Crippen LogP contribution in [0.3, 0.4) is 0 Å². The molecule has 1 aliphatic rings. The van der Waals surface area contributed by atoms with Crippen LogP contribution < -0.4 is 5.32 Å². The van der Waals surface area contributed by atoms with Crippen molar-refractivity contribution in [3.63, 3.8) is 0 Å². The summed E-state index contributed by atoms with van der Waals surface area (Å²) in [6, 6.07) is 0. The van der Waals surface area contributed by atoms with E-state index in [1.54, 1.807) is 0 Å². The summed E-state index contributed by atoms with van der Waals surface area (Å²) in [7, 11) is 1.36. The third-order valence-electron chi connectivity index (χ3n) is 2.25. The van der Waals surface area contributed by atoms with E-state index < -0.39 is 0 Å². The highest BCUT2D eigenvalue weighted by atomic mass is 31.1. The Balaban J connectivity index is 2.60. The molecule has 0 aromatic carbocycles. The van der Waals surface area contributed by atoms with Crippen LogP contribution in [0.25, 0.3) is 0 Å². The van der Waals surface area contributed by atoms with Crippen molar-refractivity contribution >= 4 is 13.6 Å². The second-order valence-corrected chi connectivity index (χ2v) is 5.46. The molecule has 0 saturated carbocycles. The smallest absolute Gasteiger partial charge is 0.0433 e. The predicted octanol–water partition coefficient (Wildman–Crippen LogP) is 3.40. The Morgan fingerprint density at radius 3 is 2.54 bits per heavy atom. The SMILES string of the molecule is C/P=C(\NC1=CCCC1)C(C)(C)C. The maximum absolute atomic E-state index is 3.57. The van der Waals surface area contributed by atoms with E-state index in [0.29, 0.717) is 0 Å². The number of hydrogen-bond acceptors (Lipinski definition) is 0. The van der Waals surface area contributed by atoms with Gasteiger partial charge in [-0.15, -0.1) is 0 Å². The van der Waals surface area contributed by atoms with Crippen molar-refractivity contribution in [3.05, 3.63) is 11.8 Å². The molecule has 2 heteroatoms. The zero-order valence-corrected chi connectivity index (χ0v) is 10.0. The minimum absolute atomic E-state index is 0.278. The lowest BCUT2D eigenvalue weighted by molar-refractivity contribution is 0.582. The number of hydrogen-bond donors (Lipinski definition) is 1. The van der Waals surface area contributed by atoms with E-state index in [-0.39, 0.29) is 5.41 Å². The van der Waals surface area contributed by atoms with Gasteiger partial charge in [-0.05, 0) is 25.9 Å². The van der Waals surface area contributed by atoms with Crippen LogP contribution in [0.15, 0.2) is 11.8 Å². The average Bonchev–Trinajstić information content (AvgIpc) is 2.49. The molecule has 0 aromatic heterocycles. The van der Waals surface area contributed by atoms with E-state index in [2.05, 4.69) is 38.8 Å². The molecule has 0 radical (unpaired) electrons. The molecule has 0 aromatic rings. The minimum atomic E-state index is 0.278. The predicted molar refractivity (Wildman–Crippen MR) is 62.4 cm³/mol. The third-order valence-corrected chi connectivity index (χ3v) is 3.48. The topological polar surface area (TPSA) is 12.0 Å². The Morgan fingerprint density at radius 1 is 1.46 bits per heavy atom. The highest BCUT2D eigenvalue weighted by molar-refractivity contribution is 7.39. The standard InChI is InChI=1S/C11H20NP/c1-11(2,3)10(13-4)12-9-7-5-6-8-9/h7,12H,5-6,8H2,1-4H3. The first-order chi connectivity index (χ1) is 6.04. The van der Waals surface area contributed by atoms with Crippen LogP contribution in [0.2, 0.25) is 0 Å². The second-order valence-electron chi connectivity index (χ2n) is 4.57. The first-order valence-electron chi connectivity index (χ1n) is 4.97. The molecule has 0 atom stereocenters. The van der Waals surface area contributed by atoms with Gasteiger partial charge in [-0.2, -0.15) is 0 Å². The summed E-state index contributed by atoms with van der Waals surface area (Å²) >= 11 is 0. The Kier molecular flexibility index (Phi) is 3.55. The fourth-order valence-electron chi connectivity index (χ4n) is 1.52. The van der Waals surface area contributed by atoms with Crippen LogP contribution in [-0.2, 0) is 0 Å². The summed E-state index contributed by atoms with van der Waals surface area (Å²) in [5, 5.41) is 3.57. The monoisotopic (exact) mass is 197 g/mol. The molecule has 0 fully saturated rings. The van der Waals surface area contributed by atoms with Crippen molar-refractivity contribution in [3.8, 4) is 0 Å². The van der Waals surface area contributed by atoms with Crippen molar-refractivity contribution in [1.82, 2.24) is 5.32 Å². The number of allylic oxidation sites excluding steroid dienone is 2. The van der Waals surface area contributed by atoms with Gasteiger partial charge in [0.15, 0.2) is 0 Å². The molecule has 0 unspecified atom stereocenters. The fourth-order valence-corrected chi connectivity index (χ4v) is 2.44. The van der Waals surface area contributed by atoms with E-state index >= 15 is 0 Å². The number of nitrogens with one attached hydrogen (secondary N) is 1. The van der Waals surface area contributed by atoms with Crippen molar-refractivity contribution in [2.75, 3.05) is 6.66 Å². The minimum Gasteiger partial charge on any atom is -0.359 e. The van der Waals surface area contributed by atoms with Gasteiger partial charge in [0.1, 0.15) is 0 Å². The van der Waals surface area contributed by atoms with Crippen LogP contribution >= 0.6 is 8.20 Å². The number of rotatable bonds is 2. The van der Waals surface area contributed by atoms with E-state index in [1.807, 2.05) is 0 Å². The highest BCUT2D eigenvalue weighted by Gasteiger charge is 2.18. The van der Waals surface area contributed by atoms with Gasteiger partial charge in [0.2, 0.25) is 0 Å². The summed E-state index contributed by atoms with van der Waals surface area (Å²) in [5.74, 6) is 0. The lowest BCUT2D eigenvalue weighted by atomic mass is 9.96. The van der Waals surface area contributed by atoms with Crippen LogP contribution in [-0.4, -0.2) is 12.1 Å². The van der Waals surface area contributed by atoms with Gasteiger partial charge < -0.3 is 5.32 Å². The zero-order chi connectivity index (χ0) is 9.90. The molecule has 1 aliphatic carbocycles. The molecular weight excluding hydrogens is 177 g/mol. The summed E-state index contributed by atoms with van der Waals surface area (Å²) in [4.78, 5) is 0. The van der Waals surface area contributed by atoms with Crippen molar-refractivity contribution in [2.24, 2.45) is 5.41 Å². The van der Waals surface area contributed by atoms with Gasteiger partial charge in [-0.1, -0.05) is 35.1 Å². The molecular formula is C11H20NP. The van der Waals surface area contributed by atoms with Gasteiger partial charge >= 0.3 is 0 Å². The van der Waals surface area contributed by atoms with Gasteiger partial charge in [0.25, 0.3) is 0 Å². The fraction of sp³-hybridized carbons (Fsp3) is 0.727. The molecule has 1 rings (SSSR count). The quantitative estimate of drug-likeness (QED) is 0.669. The second kappa shape index (κ2) is 4.28. The third kappa shape index (κ3) is 3.15. The maximum Gasteiger partial charge on any atom is 0.0433 e. The summed E-state index contributed by atoms with van der Waals surface area (Å²) < 4.78 is 0. The molecule has 1 nitrogen and oxygen atoms in total. The van der Waals surface area contributed by atoms with Gasteiger partial charge in [-0.3, -0.25) is 0 Å². The van der Waals surface area contributed by atoms with Gasteiger partial charge in [-0.25, -0.2) is 0 Å². The van der Waals surface area contributed by atoms with E-state index in [4.69, 9.17) is 0 Å². The lowest BCUT2D eigenvalue weighted by Crippen LogP contribution is -2.32. The van der Waals surface area contributed by atoms with E-state index in [0.717, 1.165) is 0 Å². The molecule has 74 valence electrons. The Labute approximate surface area is 83.4 Å². The average molecular weight is 197 g/mol. The van der Waals surface area contributed by atoms with Crippen LogP contribution in [0.1, 0.15) is 40.0 Å². The normalized spacial score (nSPS) is 18.8. The van der Waals surface area contributed by atoms with Crippen molar-refractivity contribution in [2.45, 2.75) is 40.0 Å². The largest absolute Gasteiger partial charge is 0.359 e. The van der Waals surface area contributed by atoms with Crippen LogP contribution in [0.4, 0.5) is 0 Å². The highest BCUT2D eigenvalue weighted by Crippen LogP contribution is 2.22. The summed E-state index contributed by atoms with van der Waals surface area (Å²) in [6.07, 6.45) is 6.13. The van der Waals surface area contributed by atoms with Gasteiger partial charge in [0, 0.05) is 16.5 Å². The maximum atomic E-state index is 3.57. The van der Waals surface area contributed by atoms with Crippen LogP contribution in [0.5, 0.6) is 0 Å². The summed E-state index contributed by atoms with van der Waals surface area (Å²) in [5.41, 5.74) is 3.14. The van der Waals surface area contributed by atoms with E-state index in [1.165, 1.54) is 38.6 Å². The zero-order valence-electron chi connectivity index (χ0n) is 9.15. The first-order valence-corrected chi connectivity index (χ1v) is 6.31. The molecule has 0 amide bonds. The first kappa shape index (κ1) is 10.8. The Hall–Kier alpha value is -0.290.